The lowest BCUT2D eigenvalue weighted by Gasteiger charge is -2.26. The molecule has 9 heteroatoms. The van der Waals surface area contributed by atoms with Crippen LogP contribution in [0.2, 0.25) is 0 Å². The Bertz CT molecular complexity index is 840. The van der Waals surface area contributed by atoms with E-state index in [1.54, 1.807) is 18.2 Å². The average molecular weight is 540 g/mol. The maximum Gasteiger partial charge on any atom is 0.239 e. The lowest BCUT2D eigenvalue weighted by molar-refractivity contribution is -0.133. The van der Waals surface area contributed by atoms with E-state index in [9.17, 15) is 4.79 Å². The van der Waals surface area contributed by atoms with Gasteiger partial charge in [-0.25, -0.2) is 4.98 Å². The van der Waals surface area contributed by atoms with Crippen LogP contribution in [-0.2, 0) is 11.3 Å². The molecule has 1 atom stereocenters. The predicted octanol–water partition coefficient (Wildman–Crippen LogP) is 2.57. The van der Waals surface area contributed by atoms with Crippen molar-refractivity contribution < 1.29 is 9.21 Å². The second kappa shape index (κ2) is 12.7. The first-order valence-corrected chi connectivity index (χ1v) is 10.5. The number of hydrogen-bond acceptors (Lipinski definition) is 5. The molecule has 1 aliphatic rings. The number of amides is 1. The summed E-state index contributed by atoms with van der Waals surface area (Å²) in [7, 11) is 5.40. The number of nitrogens with one attached hydrogen (secondary N) is 2. The van der Waals surface area contributed by atoms with E-state index >= 15 is 0 Å². The van der Waals surface area contributed by atoms with Gasteiger partial charge in [0.25, 0.3) is 0 Å². The molecule has 1 aromatic carbocycles. The number of halogens is 1. The Morgan fingerprint density at radius 1 is 1.29 bits per heavy atom. The summed E-state index contributed by atoms with van der Waals surface area (Å²) in [6, 6.07) is 9.87. The Morgan fingerprint density at radius 2 is 2.06 bits per heavy atom. The van der Waals surface area contributed by atoms with Gasteiger partial charge >= 0.3 is 0 Å². The minimum absolute atomic E-state index is 0. The van der Waals surface area contributed by atoms with Crippen LogP contribution < -0.4 is 10.6 Å². The summed E-state index contributed by atoms with van der Waals surface area (Å²) in [4.78, 5) is 25.1. The van der Waals surface area contributed by atoms with Crippen LogP contribution >= 0.6 is 24.0 Å². The number of hydrogen-bond donors (Lipinski definition) is 2. The number of aliphatic imine (C=N–C) groups is 1. The van der Waals surface area contributed by atoms with Gasteiger partial charge in [0.1, 0.15) is 6.26 Å². The topological polar surface area (TPSA) is 86.0 Å². The first-order valence-electron chi connectivity index (χ1n) is 10.5. The van der Waals surface area contributed by atoms with Crippen LogP contribution in [0, 0.1) is 0 Å². The molecule has 0 aliphatic carbocycles. The number of nitrogens with zero attached hydrogens (tertiary/aromatic N) is 4. The predicted molar refractivity (Wildman–Crippen MR) is 133 cm³/mol. The average Bonchev–Trinajstić information content (AvgIpc) is 3.43. The summed E-state index contributed by atoms with van der Waals surface area (Å²) in [5.74, 6) is 1.55. The van der Waals surface area contributed by atoms with Crippen LogP contribution in [0.1, 0.15) is 25.0 Å². The Hall–Kier alpha value is -2.14. The summed E-state index contributed by atoms with van der Waals surface area (Å²) < 4.78 is 5.57. The number of aromatic nitrogens is 1. The lowest BCUT2D eigenvalue weighted by atomic mass is 10.2. The first-order chi connectivity index (χ1) is 14.6. The van der Waals surface area contributed by atoms with Gasteiger partial charge in [-0.1, -0.05) is 18.2 Å². The Morgan fingerprint density at radius 3 is 2.77 bits per heavy atom. The molecule has 1 saturated heterocycles. The van der Waals surface area contributed by atoms with Gasteiger partial charge in [0.05, 0.1) is 18.3 Å². The molecule has 1 aliphatic heterocycles. The van der Waals surface area contributed by atoms with E-state index in [1.807, 2.05) is 44.4 Å². The van der Waals surface area contributed by atoms with Crippen LogP contribution in [0.25, 0.3) is 11.5 Å². The molecule has 0 saturated carbocycles. The molecule has 2 heterocycles. The molecule has 1 fully saturated rings. The molecule has 31 heavy (non-hydrogen) atoms. The molecule has 1 aromatic heterocycles. The molecule has 1 amide bonds. The highest BCUT2D eigenvalue weighted by molar-refractivity contribution is 14.0. The molecule has 2 aromatic rings. The molecule has 3 rings (SSSR count). The van der Waals surface area contributed by atoms with E-state index in [0.717, 1.165) is 56.1 Å². The Kier molecular flexibility index (Phi) is 10.3. The first kappa shape index (κ1) is 25.1. The van der Waals surface area contributed by atoms with Gasteiger partial charge in [-0.3, -0.25) is 14.7 Å². The molecule has 1 unspecified atom stereocenters. The zero-order valence-electron chi connectivity index (χ0n) is 18.5. The van der Waals surface area contributed by atoms with Crippen molar-refractivity contribution in [3.8, 4) is 11.5 Å². The van der Waals surface area contributed by atoms with E-state index in [4.69, 9.17) is 4.42 Å². The Labute approximate surface area is 201 Å². The smallest absolute Gasteiger partial charge is 0.239 e. The quantitative estimate of drug-likeness (QED) is 0.232. The fourth-order valence-electron chi connectivity index (χ4n) is 3.66. The summed E-state index contributed by atoms with van der Waals surface area (Å²) in [6.45, 7) is 3.21. The zero-order valence-corrected chi connectivity index (χ0v) is 20.8. The fraction of sp³-hybridized carbons (Fsp3) is 0.500. The van der Waals surface area contributed by atoms with Crippen LogP contribution in [0.3, 0.4) is 0 Å². The Balaban J connectivity index is 0.00000341. The van der Waals surface area contributed by atoms with Crippen LogP contribution in [0.4, 0.5) is 0 Å². The number of likely N-dealkylation sites (N-methyl/N-ethyl adjacent to an activating group) is 1. The molecule has 2 N–H and O–H groups in total. The number of rotatable bonds is 8. The van der Waals surface area contributed by atoms with Crippen molar-refractivity contribution in [3.63, 3.8) is 0 Å². The fourth-order valence-corrected chi connectivity index (χ4v) is 3.66. The van der Waals surface area contributed by atoms with E-state index < -0.39 is 0 Å². The highest BCUT2D eigenvalue weighted by Crippen LogP contribution is 2.19. The van der Waals surface area contributed by atoms with Crippen molar-refractivity contribution in [1.82, 2.24) is 25.4 Å². The summed E-state index contributed by atoms with van der Waals surface area (Å²) in [6.07, 6.45) is 4.65. The minimum Gasteiger partial charge on any atom is -0.444 e. The standard InChI is InChI=1S/C22H32N6O2.HI/c1-23-22(24-12-8-14-28-13-7-11-19(28)21(29)27(2)3)25-15-18-16-30-20(26-18)17-9-5-4-6-10-17;/h4-6,9-10,16,19H,7-8,11-15H2,1-3H3,(H2,23,24,25);1H. The third-order valence-electron chi connectivity index (χ3n) is 5.24. The summed E-state index contributed by atoms with van der Waals surface area (Å²) in [5, 5.41) is 6.59. The van der Waals surface area contributed by atoms with Gasteiger partial charge in [0.2, 0.25) is 11.8 Å². The number of carbonyl (C=O) groups is 1. The monoisotopic (exact) mass is 540 g/mol. The maximum atomic E-state index is 12.3. The van der Waals surface area contributed by atoms with Crippen molar-refractivity contribution in [3.05, 3.63) is 42.3 Å². The van der Waals surface area contributed by atoms with Crippen LogP contribution in [0.15, 0.2) is 46.0 Å². The SMILES string of the molecule is CN=C(NCCCN1CCCC1C(=O)N(C)C)NCc1coc(-c2ccccc2)n1.I. The molecule has 0 spiro atoms. The van der Waals surface area contributed by atoms with E-state index in [0.29, 0.717) is 12.4 Å². The molecular formula is C22H33IN6O2. The van der Waals surface area contributed by atoms with Crippen molar-refractivity contribution in [2.45, 2.75) is 31.8 Å². The van der Waals surface area contributed by atoms with Crippen molar-refractivity contribution in [2.75, 3.05) is 40.8 Å². The molecular weight excluding hydrogens is 507 g/mol. The number of oxazole rings is 1. The molecule has 8 nitrogen and oxygen atoms in total. The molecule has 170 valence electrons. The van der Waals surface area contributed by atoms with Crippen LogP contribution in [0.5, 0.6) is 0 Å². The van der Waals surface area contributed by atoms with Gasteiger partial charge in [-0.2, -0.15) is 0 Å². The van der Waals surface area contributed by atoms with Gasteiger partial charge in [0, 0.05) is 39.8 Å². The van der Waals surface area contributed by atoms with E-state index in [1.165, 1.54) is 0 Å². The van der Waals surface area contributed by atoms with Crippen molar-refractivity contribution >= 4 is 35.8 Å². The number of carbonyl (C=O) groups excluding carboxylic acids is 1. The number of likely N-dealkylation sites (tertiary alicyclic amines) is 1. The highest BCUT2D eigenvalue weighted by Gasteiger charge is 2.30. The number of guanidine groups is 1. The minimum atomic E-state index is 0. The molecule has 0 radical (unpaired) electrons. The van der Waals surface area contributed by atoms with E-state index in [2.05, 4.69) is 25.5 Å². The van der Waals surface area contributed by atoms with Gasteiger partial charge in [-0.05, 0) is 37.9 Å². The third-order valence-corrected chi connectivity index (χ3v) is 5.24. The highest BCUT2D eigenvalue weighted by atomic mass is 127. The lowest BCUT2D eigenvalue weighted by Crippen LogP contribution is -2.44. The third kappa shape index (κ3) is 7.20. The second-order valence-corrected chi connectivity index (χ2v) is 7.64. The van der Waals surface area contributed by atoms with Gasteiger partial charge < -0.3 is 20.0 Å². The normalized spacial score (nSPS) is 16.6. The maximum absolute atomic E-state index is 12.3. The zero-order chi connectivity index (χ0) is 21.3. The second-order valence-electron chi connectivity index (χ2n) is 7.64. The number of benzene rings is 1. The van der Waals surface area contributed by atoms with Gasteiger partial charge in [0.15, 0.2) is 5.96 Å². The molecule has 0 bridgehead atoms. The van der Waals surface area contributed by atoms with E-state index in [-0.39, 0.29) is 35.9 Å². The van der Waals surface area contributed by atoms with Crippen LogP contribution in [-0.4, -0.2) is 73.5 Å². The van der Waals surface area contributed by atoms with Gasteiger partial charge in [-0.15, -0.1) is 24.0 Å². The largest absolute Gasteiger partial charge is 0.444 e. The summed E-state index contributed by atoms with van der Waals surface area (Å²) >= 11 is 0. The van der Waals surface area contributed by atoms with Crippen molar-refractivity contribution in [1.29, 1.82) is 0 Å². The summed E-state index contributed by atoms with van der Waals surface area (Å²) in [5.41, 5.74) is 1.78. The van der Waals surface area contributed by atoms with Crippen molar-refractivity contribution in [2.24, 2.45) is 4.99 Å².